The standard InChI is InChI=1S/C18H20N4O4S/c1-4-26-16(24)8-15-20-21-18(22(15)3)27-9-14(23)11-5-6-13-12(7-11)10(2)17(25)19-13/h5-7,10H,4,8-9H2,1-3H3,(H,19,25)/t10-/m0/s1. The van der Waals surface area contributed by atoms with Crippen molar-refractivity contribution in [2.24, 2.45) is 7.05 Å². The third-order valence-electron chi connectivity index (χ3n) is 4.36. The van der Waals surface area contributed by atoms with Crippen LogP contribution >= 0.6 is 11.8 Å². The van der Waals surface area contributed by atoms with Crippen molar-refractivity contribution >= 4 is 35.1 Å². The highest BCUT2D eigenvalue weighted by molar-refractivity contribution is 7.99. The monoisotopic (exact) mass is 388 g/mol. The van der Waals surface area contributed by atoms with E-state index in [1.165, 1.54) is 11.8 Å². The molecule has 0 spiro atoms. The van der Waals surface area contributed by atoms with Crippen LogP contribution in [-0.4, -0.2) is 44.8 Å². The number of amides is 1. The van der Waals surface area contributed by atoms with Gasteiger partial charge in [-0.25, -0.2) is 0 Å². The first-order valence-electron chi connectivity index (χ1n) is 8.55. The van der Waals surface area contributed by atoms with Gasteiger partial charge in [0.1, 0.15) is 12.2 Å². The molecule has 0 saturated heterocycles. The lowest BCUT2D eigenvalue weighted by Gasteiger charge is -2.06. The van der Waals surface area contributed by atoms with Crippen molar-refractivity contribution in [3.8, 4) is 0 Å². The Morgan fingerprint density at radius 1 is 1.33 bits per heavy atom. The number of anilines is 1. The molecule has 142 valence electrons. The van der Waals surface area contributed by atoms with E-state index in [1.807, 2.05) is 6.92 Å². The van der Waals surface area contributed by atoms with E-state index in [1.54, 1.807) is 36.7 Å². The molecule has 2 aromatic rings. The number of esters is 1. The summed E-state index contributed by atoms with van der Waals surface area (Å²) in [5.41, 5.74) is 2.15. The minimum absolute atomic E-state index is 0.0373. The molecule has 9 heteroatoms. The molecule has 1 aromatic heterocycles. The fourth-order valence-corrected chi connectivity index (χ4v) is 3.59. The number of carbonyl (C=O) groups excluding carboxylic acids is 3. The molecular weight excluding hydrogens is 368 g/mol. The lowest BCUT2D eigenvalue weighted by atomic mass is 9.99. The number of benzene rings is 1. The van der Waals surface area contributed by atoms with E-state index in [4.69, 9.17) is 4.74 Å². The zero-order valence-electron chi connectivity index (χ0n) is 15.3. The van der Waals surface area contributed by atoms with E-state index in [0.29, 0.717) is 23.2 Å². The number of Topliss-reactive ketones (excluding diaryl/α,β-unsaturated/α-hetero) is 1. The summed E-state index contributed by atoms with van der Waals surface area (Å²) in [6.07, 6.45) is 0.0373. The van der Waals surface area contributed by atoms with Crippen molar-refractivity contribution < 1.29 is 19.1 Å². The van der Waals surface area contributed by atoms with Crippen LogP contribution in [0.3, 0.4) is 0 Å². The molecule has 1 N–H and O–H groups in total. The van der Waals surface area contributed by atoms with Gasteiger partial charge in [-0.05, 0) is 37.6 Å². The van der Waals surface area contributed by atoms with Gasteiger partial charge in [-0.2, -0.15) is 0 Å². The third-order valence-corrected chi connectivity index (χ3v) is 5.38. The summed E-state index contributed by atoms with van der Waals surface area (Å²) < 4.78 is 6.59. The minimum atomic E-state index is -0.365. The van der Waals surface area contributed by atoms with Gasteiger partial charge in [-0.15, -0.1) is 10.2 Å². The van der Waals surface area contributed by atoms with E-state index in [-0.39, 0.29) is 35.8 Å². The second-order valence-electron chi connectivity index (χ2n) is 6.16. The predicted octanol–water partition coefficient (Wildman–Crippen LogP) is 1.95. The van der Waals surface area contributed by atoms with Gasteiger partial charge in [0.05, 0.1) is 18.3 Å². The topological polar surface area (TPSA) is 103 Å². The van der Waals surface area contributed by atoms with Crippen LogP contribution < -0.4 is 5.32 Å². The number of nitrogens with one attached hydrogen (secondary N) is 1. The first kappa shape index (κ1) is 19.1. The van der Waals surface area contributed by atoms with Gasteiger partial charge < -0.3 is 14.6 Å². The maximum Gasteiger partial charge on any atom is 0.313 e. The van der Waals surface area contributed by atoms with Crippen LogP contribution in [0.2, 0.25) is 0 Å². The summed E-state index contributed by atoms with van der Waals surface area (Å²) in [5, 5.41) is 11.4. The van der Waals surface area contributed by atoms with Crippen molar-refractivity contribution in [2.75, 3.05) is 17.7 Å². The number of hydrogen-bond donors (Lipinski definition) is 1. The molecule has 0 radical (unpaired) electrons. The van der Waals surface area contributed by atoms with E-state index < -0.39 is 0 Å². The highest BCUT2D eigenvalue weighted by atomic mass is 32.2. The van der Waals surface area contributed by atoms with Crippen molar-refractivity contribution in [3.05, 3.63) is 35.2 Å². The van der Waals surface area contributed by atoms with Gasteiger partial charge in [0, 0.05) is 18.3 Å². The van der Waals surface area contributed by atoms with Crippen LogP contribution in [0.5, 0.6) is 0 Å². The van der Waals surface area contributed by atoms with Gasteiger partial charge in [0.25, 0.3) is 0 Å². The molecule has 1 atom stereocenters. The van der Waals surface area contributed by atoms with Gasteiger partial charge in [-0.1, -0.05) is 11.8 Å². The Hall–Kier alpha value is -2.68. The van der Waals surface area contributed by atoms with Gasteiger partial charge in [-0.3, -0.25) is 14.4 Å². The van der Waals surface area contributed by atoms with Crippen molar-refractivity contribution in [3.63, 3.8) is 0 Å². The summed E-state index contributed by atoms with van der Waals surface area (Å²) in [4.78, 5) is 35.8. The smallest absolute Gasteiger partial charge is 0.313 e. The zero-order chi connectivity index (χ0) is 19.6. The summed E-state index contributed by atoms with van der Waals surface area (Å²) >= 11 is 1.25. The van der Waals surface area contributed by atoms with Crippen molar-refractivity contribution in [2.45, 2.75) is 31.3 Å². The van der Waals surface area contributed by atoms with Gasteiger partial charge in [0.15, 0.2) is 10.9 Å². The maximum atomic E-state index is 12.5. The molecule has 0 bridgehead atoms. The molecule has 3 rings (SSSR count). The van der Waals surface area contributed by atoms with Crippen LogP contribution in [0.1, 0.15) is 41.5 Å². The molecule has 2 heterocycles. The Morgan fingerprint density at radius 3 is 2.85 bits per heavy atom. The largest absolute Gasteiger partial charge is 0.466 e. The lowest BCUT2D eigenvalue weighted by molar-refractivity contribution is -0.142. The average Bonchev–Trinajstić information content (AvgIpc) is 3.13. The zero-order valence-corrected chi connectivity index (χ0v) is 16.1. The molecule has 8 nitrogen and oxygen atoms in total. The normalized spacial score (nSPS) is 15.4. The summed E-state index contributed by atoms with van der Waals surface area (Å²) in [7, 11) is 1.75. The molecule has 0 aliphatic carbocycles. The van der Waals surface area contributed by atoms with Gasteiger partial charge in [0.2, 0.25) is 5.91 Å². The van der Waals surface area contributed by atoms with E-state index in [9.17, 15) is 14.4 Å². The third kappa shape index (κ3) is 4.02. The number of fused-ring (bicyclic) bond motifs is 1. The second kappa shape index (κ2) is 7.91. The molecule has 1 aliphatic heterocycles. The Kier molecular flexibility index (Phi) is 5.59. The highest BCUT2D eigenvalue weighted by Crippen LogP contribution is 2.33. The van der Waals surface area contributed by atoms with Crippen LogP contribution in [0.4, 0.5) is 5.69 Å². The molecule has 27 heavy (non-hydrogen) atoms. The van der Waals surface area contributed by atoms with Crippen LogP contribution in [-0.2, 0) is 27.8 Å². The number of nitrogens with zero attached hydrogens (tertiary/aromatic N) is 3. The lowest BCUT2D eigenvalue weighted by Crippen LogP contribution is -2.11. The number of ether oxygens (including phenoxy) is 1. The Bertz CT molecular complexity index is 909. The Morgan fingerprint density at radius 2 is 2.11 bits per heavy atom. The molecular formula is C18H20N4O4S. The number of rotatable bonds is 7. The van der Waals surface area contributed by atoms with Crippen molar-refractivity contribution in [1.82, 2.24) is 14.8 Å². The van der Waals surface area contributed by atoms with Gasteiger partial charge >= 0.3 is 5.97 Å². The molecule has 1 aromatic carbocycles. The molecule has 0 fully saturated rings. The SMILES string of the molecule is CCOC(=O)Cc1nnc(SCC(=O)c2ccc3c(c2)[C@H](C)C(=O)N3)n1C. The van der Waals surface area contributed by atoms with E-state index in [0.717, 1.165) is 11.3 Å². The minimum Gasteiger partial charge on any atom is -0.466 e. The Balaban J connectivity index is 1.64. The molecule has 1 aliphatic rings. The number of aromatic nitrogens is 3. The fourth-order valence-electron chi connectivity index (χ4n) is 2.77. The molecule has 1 amide bonds. The maximum absolute atomic E-state index is 12.5. The van der Waals surface area contributed by atoms with E-state index >= 15 is 0 Å². The van der Waals surface area contributed by atoms with Crippen molar-refractivity contribution in [1.29, 1.82) is 0 Å². The number of hydrogen-bond acceptors (Lipinski definition) is 7. The summed E-state index contributed by atoms with van der Waals surface area (Å²) in [6, 6.07) is 5.24. The van der Waals surface area contributed by atoms with Crippen LogP contribution in [0, 0.1) is 0 Å². The number of ketones is 1. The summed E-state index contributed by atoms with van der Waals surface area (Å²) in [6.45, 7) is 3.87. The number of carbonyl (C=O) groups is 3. The van der Waals surface area contributed by atoms with Crippen LogP contribution in [0.15, 0.2) is 23.4 Å². The molecule has 0 saturated carbocycles. The van der Waals surface area contributed by atoms with Crippen LogP contribution in [0.25, 0.3) is 0 Å². The Labute approximate surface area is 160 Å². The molecule has 0 unspecified atom stereocenters. The summed E-state index contributed by atoms with van der Waals surface area (Å²) in [5.74, 6) is -0.0821. The highest BCUT2D eigenvalue weighted by Gasteiger charge is 2.27. The quantitative estimate of drug-likeness (QED) is 0.439. The number of thioether (sulfide) groups is 1. The first-order valence-corrected chi connectivity index (χ1v) is 9.54. The first-order chi connectivity index (χ1) is 12.9. The second-order valence-corrected chi connectivity index (χ2v) is 7.11. The van der Waals surface area contributed by atoms with E-state index in [2.05, 4.69) is 15.5 Å². The fraction of sp³-hybridized carbons (Fsp3) is 0.389. The average molecular weight is 388 g/mol. The predicted molar refractivity (Wildman–Crippen MR) is 99.9 cm³/mol.